The maximum atomic E-state index is 13.0. The molecule has 0 spiro atoms. The molecule has 1 atom stereocenters. The summed E-state index contributed by atoms with van der Waals surface area (Å²) in [5.74, 6) is 0.866. The van der Waals surface area contributed by atoms with E-state index < -0.39 is 6.10 Å². The number of rotatable bonds is 6. The predicted octanol–water partition coefficient (Wildman–Crippen LogP) is 3.25. The number of carbonyl (C=O) groups excluding carboxylic acids is 2. The molecule has 0 aliphatic carbocycles. The maximum Gasteiger partial charge on any atom is 0.268 e. The minimum atomic E-state index is -0.772. The maximum absolute atomic E-state index is 13.0. The first kappa shape index (κ1) is 17.0. The molecule has 1 saturated heterocycles. The Labute approximate surface area is 147 Å². The quantitative estimate of drug-likeness (QED) is 0.758. The number of aldehydes is 1. The molecule has 130 valence electrons. The Kier molecular flexibility index (Phi) is 5.33. The molecule has 0 N–H and O–H groups in total. The average Bonchev–Trinajstić information content (AvgIpc) is 3.21. The number of amides is 1. The first-order valence-electron chi connectivity index (χ1n) is 8.36. The van der Waals surface area contributed by atoms with Crippen molar-refractivity contribution < 1.29 is 19.1 Å². The molecule has 25 heavy (non-hydrogen) atoms. The Hall–Kier alpha value is -2.82. The molecule has 2 aromatic rings. The average molecular weight is 339 g/mol. The van der Waals surface area contributed by atoms with Gasteiger partial charge in [-0.05, 0) is 31.0 Å². The first-order chi connectivity index (χ1) is 12.2. The first-order valence-corrected chi connectivity index (χ1v) is 8.36. The molecule has 1 fully saturated rings. The number of nitrogens with zero attached hydrogens (tertiary/aromatic N) is 1. The van der Waals surface area contributed by atoms with Crippen molar-refractivity contribution >= 4 is 12.2 Å². The number of likely N-dealkylation sites (tertiary alicyclic amines) is 1. The van der Waals surface area contributed by atoms with Crippen LogP contribution in [0.1, 0.15) is 34.9 Å². The summed E-state index contributed by atoms with van der Waals surface area (Å²) >= 11 is 0. The topological polar surface area (TPSA) is 55.8 Å². The van der Waals surface area contributed by atoms with Crippen molar-refractivity contribution in [3.63, 3.8) is 0 Å². The van der Waals surface area contributed by atoms with Gasteiger partial charge in [-0.3, -0.25) is 9.59 Å². The van der Waals surface area contributed by atoms with Gasteiger partial charge in [-0.25, -0.2) is 0 Å². The molecular weight excluding hydrogens is 318 g/mol. The summed E-state index contributed by atoms with van der Waals surface area (Å²) in [4.78, 5) is 26.2. The van der Waals surface area contributed by atoms with E-state index in [9.17, 15) is 9.59 Å². The summed E-state index contributed by atoms with van der Waals surface area (Å²) in [5.41, 5.74) is 1.13. The molecule has 1 amide bonds. The lowest BCUT2D eigenvalue weighted by Crippen LogP contribution is -2.35. The van der Waals surface area contributed by atoms with Gasteiger partial charge in [-0.15, -0.1) is 0 Å². The fourth-order valence-corrected chi connectivity index (χ4v) is 2.97. The van der Waals surface area contributed by atoms with Crippen LogP contribution in [0.3, 0.4) is 0 Å². The summed E-state index contributed by atoms with van der Waals surface area (Å²) in [6, 6.07) is 14.3. The number of benzene rings is 2. The summed E-state index contributed by atoms with van der Waals surface area (Å²) in [7, 11) is 1.54. The molecule has 1 heterocycles. The zero-order valence-corrected chi connectivity index (χ0v) is 14.2. The van der Waals surface area contributed by atoms with Crippen molar-refractivity contribution in [3.8, 4) is 11.5 Å². The Balaban J connectivity index is 1.92. The Morgan fingerprint density at radius 1 is 1.12 bits per heavy atom. The predicted molar refractivity (Wildman–Crippen MR) is 94.0 cm³/mol. The molecule has 3 rings (SSSR count). The third kappa shape index (κ3) is 3.82. The number of carbonyl (C=O) groups is 2. The number of ether oxygens (including phenoxy) is 2. The number of methoxy groups -OCH3 is 1. The minimum Gasteiger partial charge on any atom is -0.497 e. The molecule has 2 aromatic carbocycles. The van der Waals surface area contributed by atoms with Crippen LogP contribution in [-0.4, -0.2) is 37.3 Å². The zero-order chi connectivity index (χ0) is 17.6. The highest BCUT2D eigenvalue weighted by atomic mass is 16.5. The van der Waals surface area contributed by atoms with Crippen molar-refractivity contribution in [2.75, 3.05) is 20.2 Å². The third-order valence-corrected chi connectivity index (χ3v) is 4.33. The molecule has 5 heteroatoms. The highest BCUT2D eigenvalue weighted by Crippen LogP contribution is 2.29. The second-order valence-corrected chi connectivity index (χ2v) is 5.96. The van der Waals surface area contributed by atoms with E-state index in [1.807, 2.05) is 35.2 Å². The van der Waals surface area contributed by atoms with Crippen LogP contribution in [0.2, 0.25) is 0 Å². The Bertz CT molecular complexity index is 739. The van der Waals surface area contributed by atoms with Gasteiger partial charge in [0.1, 0.15) is 11.5 Å². The van der Waals surface area contributed by atoms with Crippen molar-refractivity contribution in [2.24, 2.45) is 0 Å². The fourth-order valence-electron chi connectivity index (χ4n) is 2.97. The normalized spacial score (nSPS) is 14.8. The van der Waals surface area contributed by atoms with Crippen molar-refractivity contribution in [2.45, 2.75) is 18.9 Å². The van der Waals surface area contributed by atoms with Crippen LogP contribution in [0.25, 0.3) is 0 Å². The highest BCUT2D eigenvalue weighted by Gasteiger charge is 2.30. The van der Waals surface area contributed by atoms with Crippen molar-refractivity contribution in [1.82, 2.24) is 4.90 Å². The number of hydrogen-bond acceptors (Lipinski definition) is 4. The largest absolute Gasteiger partial charge is 0.497 e. The molecule has 0 bridgehead atoms. The van der Waals surface area contributed by atoms with Crippen LogP contribution in [0, 0.1) is 0 Å². The SMILES string of the molecule is COc1ccc(O[C@@H](C(=O)N2CCCC2)c2ccccc2)c(C=O)c1. The van der Waals surface area contributed by atoms with Crippen molar-refractivity contribution in [1.29, 1.82) is 0 Å². The van der Waals surface area contributed by atoms with Crippen molar-refractivity contribution in [3.05, 3.63) is 59.7 Å². The number of hydrogen-bond donors (Lipinski definition) is 0. The van der Waals surface area contributed by atoms with Gasteiger partial charge in [0.15, 0.2) is 6.29 Å². The van der Waals surface area contributed by atoms with Gasteiger partial charge < -0.3 is 14.4 Å². The summed E-state index contributed by atoms with van der Waals surface area (Å²) < 4.78 is 11.2. The van der Waals surface area contributed by atoms with E-state index in [0.717, 1.165) is 31.5 Å². The van der Waals surface area contributed by atoms with Crippen LogP contribution in [0.4, 0.5) is 0 Å². The lowest BCUT2D eigenvalue weighted by atomic mass is 10.1. The summed E-state index contributed by atoms with van der Waals surface area (Å²) in [6.45, 7) is 1.49. The minimum absolute atomic E-state index is 0.0728. The van der Waals surface area contributed by atoms with Gasteiger partial charge in [0.05, 0.1) is 12.7 Å². The summed E-state index contributed by atoms with van der Waals surface area (Å²) in [6.07, 6.45) is 1.96. The lowest BCUT2D eigenvalue weighted by molar-refractivity contribution is -0.138. The molecule has 0 radical (unpaired) electrons. The Morgan fingerprint density at radius 2 is 1.84 bits per heavy atom. The van der Waals surface area contributed by atoms with Gasteiger partial charge in [0.2, 0.25) is 6.10 Å². The van der Waals surface area contributed by atoms with Gasteiger partial charge in [-0.2, -0.15) is 0 Å². The second kappa shape index (κ2) is 7.83. The monoisotopic (exact) mass is 339 g/mol. The molecular formula is C20H21NO4. The van der Waals surface area contributed by atoms with Crippen LogP contribution in [0.5, 0.6) is 11.5 Å². The summed E-state index contributed by atoms with van der Waals surface area (Å²) in [5, 5.41) is 0. The van der Waals surface area contributed by atoms with Gasteiger partial charge >= 0.3 is 0 Å². The molecule has 1 aliphatic heterocycles. The van der Waals surface area contributed by atoms with Gasteiger partial charge in [0.25, 0.3) is 5.91 Å². The van der Waals surface area contributed by atoms with Crippen LogP contribution in [-0.2, 0) is 4.79 Å². The van der Waals surface area contributed by atoms with E-state index in [1.54, 1.807) is 18.2 Å². The van der Waals surface area contributed by atoms with E-state index >= 15 is 0 Å². The second-order valence-electron chi connectivity index (χ2n) is 5.96. The van der Waals surface area contributed by atoms with Gasteiger partial charge in [-0.1, -0.05) is 30.3 Å². The van der Waals surface area contributed by atoms with Crippen LogP contribution < -0.4 is 9.47 Å². The van der Waals surface area contributed by atoms with E-state index in [0.29, 0.717) is 23.3 Å². The van der Waals surface area contributed by atoms with Crippen LogP contribution >= 0.6 is 0 Å². The molecule has 1 aliphatic rings. The van der Waals surface area contributed by atoms with E-state index in [4.69, 9.17) is 9.47 Å². The highest BCUT2D eigenvalue weighted by molar-refractivity contribution is 5.84. The Morgan fingerprint density at radius 3 is 2.48 bits per heavy atom. The lowest BCUT2D eigenvalue weighted by Gasteiger charge is -2.25. The molecule has 5 nitrogen and oxygen atoms in total. The smallest absolute Gasteiger partial charge is 0.268 e. The van der Waals surface area contributed by atoms with E-state index in [-0.39, 0.29) is 5.91 Å². The zero-order valence-electron chi connectivity index (χ0n) is 14.2. The van der Waals surface area contributed by atoms with E-state index in [1.165, 1.54) is 7.11 Å². The standard InChI is InChI=1S/C20H21NO4/c1-24-17-9-10-18(16(13-17)14-22)25-19(15-7-3-2-4-8-15)20(23)21-11-5-6-12-21/h2-4,7-10,13-14,19H,5-6,11-12H2,1H3/t19-/m1/s1. The third-order valence-electron chi connectivity index (χ3n) is 4.33. The molecule has 0 aromatic heterocycles. The fraction of sp³-hybridized carbons (Fsp3) is 0.300. The molecule has 0 unspecified atom stereocenters. The van der Waals surface area contributed by atoms with E-state index in [2.05, 4.69) is 0 Å². The van der Waals surface area contributed by atoms with Crippen LogP contribution in [0.15, 0.2) is 48.5 Å². The van der Waals surface area contributed by atoms with Gasteiger partial charge in [0, 0.05) is 18.7 Å². The molecule has 0 saturated carbocycles.